The number of hydrogen-bond donors (Lipinski definition) is 2. The molecular weight excluding hydrogens is 240 g/mol. The normalized spacial score (nSPS) is 34.1. The molecule has 19 heavy (non-hydrogen) atoms. The third-order valence-electron chi connectivity index (χ3n) is 4.54. The van der Waals surface area contributed by atoms with Crippen molar-refractivity contribution in [2.75, 3.05) is 7.11 Å². The minimum Gasteiger partial charge on any atom is -0.481 e. The fraction of sp³-hybridized carbons (Fsp3) is 0.667. The van der Waals surface area contributed by atoms with E-state index in [0.717, 1.165) is 24.0 Å². The lowest BCUT2D eigenvalue weighted by Gasteiger charge is -2.45. The van der Waals surface area contributed by atoms with Crippen LogP contribution in [0.5, 0.6) is 5.88 Å². The van der Waals surface area contributed by atoms with Crippen molar-refractivity contribution in [2.24, 2.45) is 0 Å². The summed E-state index contributed by atoms with van der Waals surface area (Å²) in [7, 11) is 1.62. The van der Waals surface area contributed by atoms with Crippen molar-refractivity contribution < 1.29 is 9.84 Å². The average molecular weight is 262 g/mol. The van der Waals surface area contributed by atoms with Crippen LogP contribution < -0.4 is 10.1 Å². The van der Waals surface area contributed by atoms with E-state index in [4.69, 9.17) is 4.74 Å². The van der Waals surface area contributed by atoms with E-state index in [-0.39, 0.29) is 0 Å². The molecule has 2 atom stereocenters. The van der Waals surface area contributed by atoms with Gasteiger partial charge in [-0.15, -0.1) is 0 Å². The van der Waals surface area contributed by atoms with E-state index < -0.39 is 5.60 Å². The second kappa shape index (κ2) is 4.76. The van der Waals surface area contributed by atoms with Crippen LogP contribution in [0.25, 0.3) is 0 Å². The Morgan fingerprint density at radius 2 is 2.05 bits per heavy atom. The summed E-state index contributed by atoms with van der Waals surface area (Å²) < 4.78 is 5.14. The summed E-state index contributed by atoms with van der Waals surface area (Å²) in [5.41, 5.74) is 1.30. The van der Waals surface area contributed by atoms with Gasteiger partial charge in [-0.05, 0) is 38.2 Å². The first-order chi connectivity index (χ1) is 9.10. The van der Waals surface area contributed by atoms with E-state index in [9.17, 15) is 5.11 Å². The lowest BCUT2D eigenvalue weighted by Crippen LogP contribution is -2.54. The monoisotopic (exact) mass is 262 g/mol. The Labute approximate surface area is 114 Å². The average Bonchev–Trinajstić information content (AvgIpc) is 2.37. The number of hydrogen-bond acceptors (Lipinski definition) is 4. The molecule has 2 aliphatic heterocycles. The van der Waals surface area contributed by atoms with Gasteiger partial charge >= 0.3 is 0 Å². The number of aliphatic hydroxyl groups is 1. The molecule has 2 aliphatic rings. The predicted octanol–water partition coefficient (Wildman–Crippen LogP) is 1.89. The maximum absolute atomic E-state index is 11.1. The van der Waals surface area contributed by atoms with Gasteiger partial charge in [0.05, 0.1) is 12.7 Å². The van der Waals surface area contributed by atoms with Crippen molar-refractivity contribution in [2.45, 2.75) is 56.7 Å². The van der Waals surface area contributed by atoms with Crippen LogP contribution in [0.1, 0.15) is 43.2 Å². The molecule has 4 heteroatoms. The number of rotatable bonds is 2. The van der Waals surface area contributed by atoms with Gasteiger partial charge in [0.2, 0.25) is 5.88 Å². The highest BCUT2D eigenvalue weighted by atomic mass is 16.5. The largest absolute Gasteiger partial charge is 0.481 e. The molecule has 0 radical (unpaired) electrons. The van der Waals surface area contributed by atoms with Crippen molar-refractivity contribution >= 4 is 0 Å². The zero-order valence-electron chi connectivity index (χ0n) is 11.6. The lowest BCUT2D eigenvalue weighted by molar-refractivity contribution is -0.0366. The van der Waals surface area contributed by atoms with E-state index in [1.165, 1.54) is 19.3 Å². The summed E-state index contributed by atoms with van der Waals surface area (Å²) in [6.45, 7) is 2.02. The predicted molar refractivity (Wildman–Crippen MR) is 73.2 cm³/mol. The Morgan fingerprint density at radius 1 is 1.37 bits per heavy atom. The molecule has 2 fully saturated rings. The summed E-state index contributed by atoms with van der Waals surface area (Å²) in [6.07, 6.45) is 6.98. The van der Waals surface area contributed by atoms with Crippen LogP contribution in [0.2, 0.25) is 0 Å². The van der Waals surface area contributed by atoms with Gasteiger partial charge in [-0.2, -0.15) is 0 Å². The quantitative estimate of drug-likeness (QED) is 0.854. The fourth-order valence-corrected chi connectivity index (χ4v) is 3.68. The third kappa shape index (κ3) is 2.35. The van der Waals surface area contributed by atoms with Gasteiger partial charge in [0.15, 0.2) is 0 Å². The fourth-order valence-electron chi connectivity index (χ4n) is 3.68. The maximum Gasteiger partial charge on any atom is 0.213 e. The van der Waals surface area contributed by atoms with E-state index in [1.807, 2.05) is 13.0 Å². The van der Waals surface area contributed by atoms with Crippen molar-refractivity contribution in [1.29, 1.82) is 0 Å². The molecule has 0 aromatic carbocycles. The molecule has 2 N–H and O–H groups in total. The summed E-state index contributed by atoms with van der Waals surface area (Å²) in [5, 5.41) is 14.7. The standard InChI is InChI=1S/C15H22N2O2/c1-10-6-14(19-2)16-9-13(10)15(18)7-11-4-3-5-12(8-15)17-11/h6,9,11-12,17-18H,3-5,7-8H2,1-2H3. The lowest BCUT2D eigenvalue weighted by atomic mass is 9.73. The molecule has 3 rings (SSSR count). The SMILES string of the molecule is COc1cc(C)c(C2(O)CC3CCCC(C2)N3)cn1. The molecule has 2 saturated heterocycles. The number of pyridine rings is 1. The molecule has 2 unspecified atom stereocenters. The van der Waals surface area contributed by atoms with Crippen LogP contribution in [0.3, 0.4) is 0 Å². The minimum atomic E-state index is -0.732. The van der Waals surface area contributed by atoms with Crippen LogP contribution >= 0.6 is 0 Å². The van der Waals surface area contributed by atoms with E-state index in [2.05, 4.69) is 10.3 Å². The minimum absolute atomic E-state index is 0.444. The second-order valence-electron chi connectivity index (χ2n) is 5.97. The molecule has 104 valence electrons. The van der Waals surface area contributed by atoms with E-state index >= 15 is 0 Å². The number of nitrogens with one attached hydrogen (secondary N) is 1. The molecule has 3 heterocycles. The van der Waals surface area contributed by atoms with Crippen molar-refractivity contribution in [3.63, 3.8) is 0 Å². The molecule has 4 nitrogen and oxygen atoms in total. The summed E-state index contributed by atoms with van der Waals surface area (Å²) in [5.74, 6) is 0.610. The molecule has 0 aliphatic carbocycles. The number of piperidine rings is 2. The highest BCUT2D eigenvalue weighted by Crippen LogP contribution is 2.40. The van der Waals surface area contributed by atoms with Gasteiger partial charge in [0.1, 0.15) is 0 Å². The van der Waals surface area contributed by atoms with Gasteiger partial charge in [0, 0.05) is 29.9 Å². The Morgan fingerprint density at radius 3 is 2.63 bits per heavy atom. The highest BCUT2D eigenvalue weighted by molar-refractivity contribution is 5.33. The Bertz CT molecular complexity index is 463. The maximum atomic E-state index is 11.1. The number of nitrogens with zero attached hydrogens (tertiary/aromatic N) is 1. The van der Waals surface area contributed by atoms with Crippen LogP contribution in [0.15, 0.2) is 12.3 Å². The molecule has 0 saturated carbocycles. The van der Waals surface area contributed by atoms with Crippen LogP contribution in [0, 0.1) is 6.92 Å². The van der Waals surface area contributed by atoms with E-state index in [0.29, 0.717) is 18.0 Å². The smallest absolute Gasteiger partial charge is 0.213 e. The van der Waals surface area contributed by atoms with Gasteiger partial charge in [-0.1, -0.05) is 6.42 Å². The molecule has 0 spiro atoms. The molecular formula is C15H22N2O2. The van der Waals surface area contributed by atoms with E-state index in [1.54, 1.807) is 13.3 Å². The molecule has 2 bridgehead atoms. The molecule has 0 amide bonds. The number of aromatic nitrogens is 1. The number of methoxy groups -OCH3 is 1. The number of ether oxygens (including phenoxy) is 1. The molecule has 1 aromatic heterocycles. The van der Waals surface area contributed by atoms with Crippen molar-refractivity contribution in [3.05, 3.63) is 23.4 Å². The summed E-state index contributed by atoms with van der Waals surface area (Å²) >= 11 is 0. The van der Waals surface area contributed by atoms with Crippen LogP contribution in [-0.2, 0) is 5.60 Å². The number of fused-ring (bicyclic) bond motifs is 2. The Balaban J connectivity index is 1.91. The Kier molecular flexibility index (Phi) is 3.23. The molecule has 1 aromatic rings. The highest BCUT2D eigenvalue weighted by Gasteiger charge is 2.42. The third-order valence-corrected chi connectivity index (χ3v) is 4.54. The zero-order chi connectivity index (χ0) is 13.5. The van der Waals surface area contributed by atoms with Crippen LogP contribution in [-0.4, -0.2) is 29.3 Å². The van der Waals surface area contributed by atoms with Gasteiger partial charge in [-0.25, -0.2) is 4.98 Å². The first-order valence-corrected chi connectivity index (χ1v) is 7.10. The summed E-state index contributed by atoms with van der Waals surface area (Å²) in [6, 6.07) is 2.79. The number of aryl methyl sites for hydroxylation is 1. The van der Waals surface area contributed by atoms with Crippen molar-refractivity contribution in [1.82, 2.24) is 10.3 Å². The van der Waals surface area contributed by atoms with Gasteiger partial charge in [-0.3, -0.25) is 0 Å². The summed E-state index contributed by atoms with van der Waals surface area (Å²) in [4.78, 5) is 4.27. The van der Waals surface area contributed by atoms with Gasteiger partial charge < -0.3 is 15.2 Å². The zero-order valence-corrected chi connectivity index (χ0v) is 11.6. The van der Waals surface area contributed by atoms with Crippen molar-refractivity contribution in [3.8, 4) is 5.88 Å². The first-order valence-electron chi connectivity index (χ1n) is 7.10. The van der Waals surface area contributed by atoms with Gasteiger partial charge in [0.25, 0.3) is 0 Å². The second-order valence-corrected chi connectivity index (χ2v) is 5.97. The van der Waals surface area contributed by atoms with Crippen LogP contribution in [0.4, 0.5) is 0 Å². The first kappa shape index (κ1) is 12.9. The topological polar surface area (TPSA) is 54.4 Å². The Hall–Kier alpha value is -1.13.